The molecule has 5 heterocycles. The minimum Gasteiger partial charge on any atom is -0.497 e. The van der Waals surface area contributed by atoms with Crippen molar-refractivity contribution in [2.75, 3.05) is 33.4 Å². The number of benzene rings is 1. The van der Waals surface area contributed by atoms with Gasteiger partial charge < -0.3 is 9.47 Å². The van der Waals surface area contributed by atoms with Crippen molar-refractivity contribution in [3.05, 3.63) is 57.1 Å². The molecule has 0 saturated carbocycles. The van der Waals surface area contributed by atoms with Crippen LogP contribution in [-0.4, -0.2) is 68.1 Å². The van der Waals surface area contributed by atoms with Crippen LogP contribution in [0.5, 0.6) is 5.75 Å². The van der Waals surface area contributed by atoms with Gasteiger partial charge >= 0.3 is 5.69 Å². The Kier molecular flexibility index (Phi) is 22.7. The van der Waals surface area contributed by atoms with Gasteiger partial charge in [0.25, 0.3) is 0 Å². The highest BCUT2D eigenvalue weighted by Gasteiger charge is 2.27. The predicted octanol–water partition coefficient (Wildman–Crippen LogP) is 7.25. The van der Waals surface area contributed by atoms with E-state index >= 15 is 0 Å². The first-order chi connectivity index (χ1) is 32.5. The van der Waals surface area contributed by atoms with Crippen LogP contribution in [0.1, 0.15) is 57.0 Å². The van der Waals surface area contributed by atoms with E-state index in [2.05, 4.69) is 183 Å². The Hall–Kier alpha value is -8.36. The highest BCUT2D eigenvalue weighted by atomic mass is 32.1. The fourth-order valence-electron chi connectivity index (χ4n) is 5.93. The summed E-state index contributed by atoms with van der Waals surface area (Å²) in [5, 5.41) is 21.2. The first-order valence-corrected chi connectivity index (χ1v) is 20.5. The second-order valence-electron chi connectivity index (χ2n) is 12.6. The van der Waals surface area contributed by atoms with E-state index in [1.807, 2.05) is 28.8 Å². The molecule has 1 atom stereocenters. The molecule has 0 spiro atoms. The number of nitrogens with one attached hydrogen (secondary N) is 1. The van der Waals surface area contributed by atoms with Crippen LogP contribution in [-0.2, 0) is 33.5 Å². The van der Waals surface area contributed by atoms with Gasteiger partial charge in [0.15, 0.2) is 5.65 Å². The number of hydrogen-bond donors (Lipinski definition) is 3. The fourth-order valence-corrected chi connectivity index (χ4v) is 7.37. The van der Waals surface area contributed by atoms with Gasteiger partial charge in [-0.15, -0.1) is 11.3 Å². The van der Waals surface area contributed by atoms with Crippen molar-refractivity contribution in [1.29, 1.82) is 5.53 Å². The number of nitrogens with zero attached hydrogens (tertiary/aromatic N) is 9. The van der Waals surface area contributed by atoms with E-state index in [9.17, 15) is 4.79 Å². The third-order valence-corrected chi connectivity index (χ3v) is 9.93. The molecule has 6 rings (SSSR count). The van der Waals surface area contributed by atoms with Gasteiger partial charge in [0.05, 0.1) is 25.6 Å². The maximum Gasteiger partial charge on any atom is 0.352 e. The normalized spacial score (nSPS) is 12.4. The van der Waals surface area contributed by atoms with Crippen molar-refractivity contribution in [2.24, 2.45) is 21.6 Å². The van der Waals surface area contributed by atoms with Crippen LogP contribution in [0.25, 0.3) is 15.9 Å². The maximum atomic E-state index is 13.4. The van der Waals surface area contributed by atoms with Gasteiger partial charge in [0.1, 0.15) is 16.9 Å². The van der Waals surface area contributed by atoms with Crippen molar-refractivity contribution < 1.29 is 38.3 Å². The summed E-state index contributed by atoms with van der Waals surface area (Å²) < 4.78 is 18.1. The van der Waals surface area contributed by atoms with Crippen LogP contribution in [0.15, 0.2) is 51.1 Å². The van der Waals surface area contributed by atoms with Gasteiger partial charge in [-0.3, -0.25) is 9.47 Å². The van der Waals surface area contributed by atoms with Crippen molar-refractivity contribution in [2.45, 2.75) is 46.2 Å². The van der Waals surface area contributed by atoms with Gasteiger partial charge in [-0.1, -0.05) is 29.0 Å². The summed E-state index contributed by atoms with van der Waals surface area (Å²) in [7, 11) is 1.66. The molecule has 1 saturated heterocycles. The largest absolute Gasteiger partial charge is 0.497 e. The summed E-state index contributed by atoms with van der Waals surface area (Å²) in [6.07, 6.45) is 4.86. The standard InChI is InChI=1S/C24H27N5O3S.C24H6.H3N5O3S.10H2/c1-31-18-6-4-16(5-7-18)12-28-23-21(22-25-15-26-29(22)24(28)30)19-8-9-27(13-20(19)33-23)11-17-3-2-10-32-14-17;1-3-5-7-9-11-13-15-17-19-21-23-24-22-20-18-16-14-12-10-8-6-4-2;1-2-3-4-5(7-6)8-9;;;;;;;;;;/h4-7,15,17H,2-3,8-14H2,1H3;1-2H3;1,6,9H;10*1H/b;;2-1?,4-3+;;;;;;;;;;. The molecule has 346 valence electrons. The van der Waals surface area contributed by atoms with Crippen molar-refractivity contribution in [3.8, 4) is 136 Å². The van der Waals surface area contributed by atoms with Gasteiger partial charge in [0, 0.05) is 92.5 Å². The van der Waals surface area contributed by atoms with Crippen LogP contribution in [0.2, 0.25) is 0 Å². The predicted molar refractivity (Wildman–Crippen MR) is 271 cm³/mol. The topological polar surface area (TPSA) is 177 Å². The molecule has 3 aromatic heterocycles. The lowest BCUT2D eigenvalue weighted by Crippen LogP contribution is -2.36. The number of methoxy groups -OCH3 is 1. The number of aromatic nitrogens is 4. The Morgan fingerprint density at radius 1 is 0.924 bits per heavy atom. The smallest absolute Gasteiger partial charge is 0.352 e. The Labute approximate surface area is 406 Å². The zero-order chi connectivity index (χ0) is 47.0. The Bertz CT molecular complexity index is 3130. The molecular weight excluding hydrogens is 877 g/mol. The summed E-state index contributed by atoms with van der Waals surface area (Å²) in [5.74, 6) is 57.0. The summed E-state index contributed by atoms with van der Waals surface area (Å²) in [4.78, 5) is 26.0. The number of ether oxygens (including phenoxy) is 2. The number of thiophene rings is 1. The fraction of sp³-hybridized carbons (Fsp3) is 0.271. The molecule has 18 heteroatoms. The summed E-state index contributed by atoms with van der Waals surface area (Å²) in [6.45, 7) is 8.67. The minimum atomic E-state index is -0.152. The number of hydrogen-bond acceptors (Lipinski definition) is 13. The highest BCUT2D eigenvalue weighted by molar-refractivity contribution is 7.75. The maximum absolute atomic E-state index is 13.4. The van der Waals surface area contributed by atoms with E-state index in [1.54, 1.807) is 32.3 Å². The van der Waals surface area contributed by atoms with Gasteiger partial charge in [-0.2, -0.15) is 19.4 Å². The quantitative estimate of drug-likeness (QED) is 0.0387. The molecule has 2 aliphatic rings. The molecule has 2 N–H and O–H groups in total. The summed E-state index contributed by atoms with van der Waals surface area (Å²) >= 11 is 4.89. The van der Waals surface area contributed by atoms with E-state index in [4.69, 9.17) is 20.3 Å². The molecule has 0 aliphatic carbocycles. The second-order valence-corrected chi connectivity index (χ2v) is 13.9. The van der Waals surface area contributed by atoms with Crippen LogP contribution >= 0.6 is 24.2 Å². The lowest BCUT2D eigenvalue weighted by atomic mass is 9.99. The second kappa shape index (κ2) is 29.9. The average Bonchev–Trinajstić information content (AvgIpc) is 3.99. The third kappa shape index (κ3) is 16.7. The van der Waals surface area contributed by atoms with Gasteiger partial charge in [-0.05, 0) is 167 Å². The van der Waals surface area contributed by atoms with E-state index in [0.29, 0.717) is 18.1 Å². The SMILES string of the molecule is CC#CC#CC#CC#CC#CC#CC#CC#CC#CC#CC#CC.COc1ccc(Cn2c(=O)n3ncnc3c3c4c(sc32)CN(CC2CCCOC2)CC4)cc1.N=N/N=N/N(OO)OS.[HH].[HH].[HH].[HH].[HH].[HH].[HH].[HH].[HH].[HH]. The molecule has 16 nitrogen and oxygen atoms in total. The number of fused-ring (bicyclic) bond motifs is 5. The van der Waals surface area contributed by atoms with Crippen LogP contribution < -0.4 is 10.4 Å². The minimum absolute atomic E-state index is 0. The zero-order valence-corrected chi connectivity index (χ0v) is 37.4. The van der Waals surface area contributed by atoms with E-state index in [-0.39, 0.29) is 25.3 Å². The van der Waals surface area contributed by atoms with Crippen molar-refractivity contribution in [1.82, 2.24) is 29.4 Å². The van der Waals surface area contributed by atoms with Crippen molar-refractivity contribution in [3.63, 3.8) is 0 Å². The van der Waals surface area contributed by atoms with Crippen LogP contribution in [0.4, 0.5) is 0 Å². The lowest BCUT2D eigenvalue weighted by molar-refractivity contribution is -0.478. The van der Waals surface area contributed by atoms with Crippen LogP contribution in [0.3, 0.4) is 0 Å². The molecule has 2 aliphatic heterocycles. The van der Waals surface area contributed by atoms with E-state index in [0.717, 1.165) is 67.2 Å². The molecular formula is C48H56N10O6S2. The first kappa shape index (κ1) is 50.3. The molecule has 1 unspecified atom stereocenters. The van der Waals surface area contributed by atoms with Gasteiger partial charge in [0.2, 0.25) is 0 Å². The zero-order valence-electron chi connectivity index (χ0n) is 35.7. The number of thiol groups is 1. The molecule has 0 radical (unpaired) electrons. The Morgan fingerprint density at radius 3 is 1.98 bits per heavy atom. The highest BCUT2D eigenvalue weighted by Crippen LogP contribution is 2.37. The van der Waals surface area contributed by atoms with Crippen molar-refractivity contribution >= 4 is 40.1 Å². The Balaban J connectivity index is -0.000000199. The van der Waals surface area contributed by atoms with Gasteiger partial charge in [-0.25, -0.2) is 15.0 Å². The molecule has 66 heavy (non-hydrogen) atoms. The molecule has 1 aromatic carbocycles. The Morgan fingerprint density at radius 2 is 1.50 bits per heavy atom. The first-order valence-electron chi connectivity index (χ1n) is 19.3. The summed E-state index contributed by atoms with van der Waals surface area (Å²) in [6, 6.07) is 7.87. The average molecular weight is 933 g/mol. The lowest BCUT2D eigenvalue weighted by Gasteiger charge is -2.32. The van der Waals surface area contributed by atoms with Crippen LogP contribution in [0, 0.1) is 142 Å². The van der Waals surface area contributed by atoms with E-state index < -0.39 is 0 Å². The monoisotopic (exact) mass is 932 g/mol. The summed E-state index contributed by atoms with van der Waals surface area (Å²) in [5.41, 5.74) is 8.96. The molecule has 0 amide bonds. The van der Waals surface area contributed by atoms with E-state index in [1.165, 1.54) is 27.7 Å². The third-order valence-electron chi connectivity index (χ3n) is 8.55. The molecule has 0 bridgehead atoms. The number of rotatable bonds is 9. The molecule has 1 fully saturated rings. The molecule has 4 aromatic rings.